The van der Waals surface area contributed by atoms with Gasteiger partial charge in [-0.1, -0.05) is 0 Å². The number of fused-ring (bicyclic) bond motifs is 1. The van der Waals surface area contributed by atoms with Crippen LogP contribution in [-0.2, 0) is 13.1 Å². The third-order valence-electron chi connectivity index (χ3n) is 3.35. The monoisotopic (exact) mass is 286 g/mol. The lowest BCUT2D eigenvalue weighted by atomic mass is 10.2. The lowest BCUT2D eigenvalue weighted by Crippen LogP contribution is -2.18. The van der Waals surface area contributed by atoms with Crippen molar-refractivity contribution in [1.29, 1.82) is 0 Å². The van der Waals surface area contributed by atoms with Gasteiger partial charge in [-0.2, -0.15) is 5.10 Å². The third-order valence-corrected chi connectivity index (χ3v) is 3.35. The first kappa shape index (κ1) is 13.2. The lowest BCUT2D eigenvalue weighted by Gasteiger charge is -2.04. The number of carbonyl (C=O) groups is 1. The van der Waals surface area contributed by atoms with Crippen LogP contribution in [0.25, 0.3) is 11.0 Å². The molecule has 108 valence electrons. The van der Waals surface area contributed by atoms with Crippen molar-refractivity contribution < 1.29 is 9.90 Å². The van der Waals surface area contributed by atoms with Crippen LogP contribution in [0.5, 0.6) is 0 Å². The molecule has 2 aromatic heterocycles. The molecule has 0 bridgehead atoms. The van der Waals surface area contributed by atoms with E-state index in [1.165, 1.54) is 12.1 Å². The summed E-state index contributed by atoms with van der Waals surface area (Å²) < 4.78 is 3.35. The van der Waals surface area contributed by atoms with Gasteiger partial charge in [0.05, 0.1) is 16.6 Å². The molecular formula is C14H14N4O3. The van der Waals surface area contributed by atoms with E-state index >= 15 is 0 Å². The molecule has 2 heterocycles. The van der Waals surface area contributed by atoms with Crippen LogP contribution in [0.2, 0.25) is 0 Å². The Labute approximate surface area is 119 Å². The first-order chi connectivity index (χ1) is 10.1. The van der Waals surface area contributed by atoms with Gasteiger partial charge in [-0.3, -0.25) is 9.25 Å². The molecule has 0 radical (unpaired) electrons. The van der Waals surface area contributed by atoms with Gasteiger partial charge < -0.3 is 10.1 Å². The Morgan fingerprint density at radius 3 is 2.90 bits per heavy atom. The molecule has 0 aliphatic carbocycles. The summed E-state index contributed by atoms with van der Waals surface area (Å²) in [6.07, 6.45) is 4.30. The van der Waals surface area contributed by atoms with Gasteiger partial charge in [-0.25, -0.2) is 9.59 Å². The number of aryl methyl sites for hydroxylation is 2. The Kier molecular flexibility index (Phi) is 3.31. The number of benzene rings is 1. The molecule has 0 amide bonds. The number of hydrogen-bond donors (Lipinski definition) is 2. The van der Waals surface area contributed by atoms with E-state index in [1.807, 2.05) is 12.3 Å². The Morgan fingerprint density at radius 2 is 2.19 bits per heavy atom. The highest BCUT2D eigenvalue weighted by Crippen LogP contribution is 2.13. The van der Waals surface area contributed by atoms with Crippen LogP contribution in [0, 0.1) is 0 Å². The number of aromatic carboxylic acids is 1. The van der Waals surface area contributed by atoms with E-state index < -0.39 is 5.97 Å². The second kappa shape index (κ2) is 5.28. The number of imidazole rings is 1. The van der Waals surface area contributed by atoms with Gasteiger partial charge in [0.15, 0.2) is 0 Å². The van der Waals surface area contributed by atoms with Gasteiger partial charge >= 0.3 is 11.7 Å². The predicted octanol–water partition coefficient (Wildman–Crippen LogP) is 1.31. The van der Waals surface area contributed by atoms with Crippen LogP contribution < -0.4 is 5.69 Å². The first-order valence-corrected chi connectivity index (χ1v) is 6.58. The molecule has 7 heteroatoms. The molecule has 0 saturated carbocycles. The predicted molar refractivity (Wildman–Crippen MR) is 76.4 cm³/mol. The van der Waals surface area contributed by atoms with Crippen LogP contribution in [0.1, 0.15) is 16.8 Å². The van der Waals surface area contributed by atoms with Crippen molar-refractivity contribution in [2.45, 2.75) is 19.5 Å². The number of nitrogens with one attached hydrogen (secondary N) is 1. The lowest BCUT2D eigenvalue weighted by molar-refractivity contribution is 0.0697. The number of hydrogen-bond acceptors (Lipinski definition) is 3. The number of nitrogens with zero attached hydrogens (tertiary/aromatic N) is 3. The molecule has 3 rings (SSSR count). The van der Waals surface area contributed by atoms with Crippen molar-refractivity contribution in [3.8, 4) is 0 Å². The molecule has 3 aromatic rings. The van der Waals surface area contributed by atoms with E-state index in [4.69, 9.17) is 5.11 Å². The van der Waals surface area contributed by atoms with Crippen LogP contribution in [0.3, 0.4) is 0 Å². The third kappa shape index (κ3) is 2.58. The first-order valence-electron chi connectivity index (χ1n) is 6.58. The summed E-state index contributed by atoms with van der Waals surface area (Å²) in [5.41, 5.74) is 1.19. The maximum atomic E-state index is 11.9. The minimum absolute atomic E-state index is 0.169. The molecule has 0 spiro atoms. The van der Waals surface area contributed by atoms with Gasteiger partial charge in [0.1, 0.15) is 0 Å². The van der Waals surface area contributed by atoms with E-state index in [2.05, 4.69) is 10.1 Å². The smallest absolute Gasteiger partial charge is 0.335 e. The molecule has 1 aromatic carbocycles. The topological polar surface area (TPSA) is 92.9 Å². The molecule has 2 N–H and O–H groups in total. The zero-order chi connectivity index (χ0) is 14.8. The average molecular weight is 286 g/mol. The number of carboxylic acids is 1. The van der Waals surface area contributed by atoms with Crippen molar-refractivity contribution in [2.75, 3.05) is 0 Å². The summed E-state index contributed by atoms with van der Waals surface area (Å²) in [6.45, 7) is 1.20. The molecule has 0 aliphatic rings. The summed E-state index contributed by atoms with van der Waals surface area (Å²) in [5, 5.41) is 13.1. The Hall–Kier alpha value is -2.83. The van der Waals surface area contributed by atoms with Gasteiger partial charge in [-0.05, 0) is 30.7 Å². The fourth-order valence-corrected chi connectivity index (χ4v) is 2.33. The van der Waals surface area contributed by atoms with Gasteiger partial charge in [0, 0.05) is 25.5 Å². The van der Waals surface area contributed by atoms with E-state index in [0.717, 1.165) is 6.42 Å². The minimum atomic E-state index is -1.01. The summed E-state index contributed by atoms with van der Waals surface area (Å²) in [6, 6.07) is 6.46. The van der Waals surface area contributed by atoms with Crippen molar-refractivity contribution in [3.05, 3.63) is 52.7 Å². The largest absolute Gasteiger partial charge is 0.478 e. The van der Waals surface area contributed by atoms with Crippen molar-refractivity contribution in [2.24, 2.45) is 0 Å². The minimum Gasteiger partial charge on any atom is -0.478 e. The quantitative estimate of drug-likeness (QED) is 0.739. The zero-order valence-corrected chi connectivity index (χ0v) is 11.2. The van der Waals surface area contributed by atoms with Gasteiger partial charge in [0.2, 0.25) is 0 Å². The maximum Gasteiger partial charge on any atom is 0.335 e. The highest BCUT2D eigenvalue weighted by molar-refractivity contribution is 5.92. The summed E-state index contributed by atoms with van der Waals surface area (Å²) >= 11 is 0. The average Bonchev–Trinajstić information content (AvgIpc) is 3.06. The maximum absolute atomic E-state index is 11.9. The second-order valence-corrected chi connectivity index (χ2v) is 4.74. The highest BCUT2D eigenvalue weighted by Gasteiger charge is 2.10. The SMILES string of the molecule is O=C(O)c1ccc2[nH]c(=O)n(CCCn3cccn3)c2c1. The molecule has 21 heavy (non-hydrogen) atoms. The Bertz CT molecular complexity index is 830. The normalized spacial score (nSPS) is 11.0. The summed E-state index contributed by atoms with van der Waals surface area (Å²) in [5.74, 6) is -1.01. The molecule has 7 nitrogen and oxygen atoms in total. The van der Waals surface area contributed by atoms with Crippen molar-refractivity contribution in [3.63, 3.8) is 0 Å². The number of H-pyrrole nitrogens is 1. The molecular weight excluding hydrogens is 272 g/mol. The van der Waals surface area contributed by atoms with Gasteiger partial charge in [0.25, 0.3) is 0 Å². The highest BCUT2D eigenvalue weighted by atomic mass is 16.4. The zero-order valence-electron chi connectivity index (χ0n) is 11.2. The standard InChI is InChI=1S/C14H14N4O3/c19-13(20)10-3-4-11-12(9-10)18(14(21)16-11)8-2-7-17-6-1-5-15-17/h1,3-6,9H,2,7-8H2,(H,16,21)(H,19,20). The number of rotatable bonds is 5. The van der Waals surface area contributed by atoms with Gasteiger partial charge in [-0.15, -0.1) is 0 Å². The van der Waals surface area contributed by atoms with Crippen LogP contribution in [0.4, 0.5) is 0 Å². The van der Waals surface area contributed by atoms with Crippen molar-refractivity contribution >= 4 is 17.0 Å². The number of aromatic nitrogens is 4. The van der Waals surface area contributed by atoms with Crippen LogP contribution in [0.15, 0.2) is 41.5 Å². The van der Waals surface area contributed by atoms with E-state index in [9.17, 15) is 9.59 Å². The second-order valence-electron chi connectivity index (χ2n) is 4.74. The molecule has 0 saturated heterocycles. The molecule has 0 fully saturated rings. The Balaban J connectivity index is 1.86. The summed E-state index contributed by atoms with van der Waals surface area (Å²) in [7, 11) is 0. The van der Waals surface area contributed by atoms with E-state index in [1.54, 1.807) is 21.5 Å². The number of carboxylic acid groups (broad SMARTS) is 1. The van der Waals surface area contributed by atoms with Crippen molar-refractivity contribution in [1.82, 2.24) is 19.3 Å². The van der Waals surface area contributed by atoms with Crippen LogP contribution >= 0.6 is 0 Å². The fourth-order valence-electron chi connectivity index (χ4n) is 2.33. The molecule has 0 aliphatic heterocycles. The van der Waals surface area contributed by atoms with Crippen LogP contribution in [-0.4, -0.2) is 30.4 Å². The molecule has 0 unspecified atom stereocenters. The fraction of sp³-hybridized carbons (Fsp3) is 0.214. The van der Waals surface area contributed by atoms with E-state index in [-0.39, 0.29) is 11.3 Å². The Morgan fingerprint density at radius 1 is 1.33 bits per heavy atom. The van der Waals surface area contributed by atoms with E-state index in [0.29, 0.717) is 24.1 Å². The summed E-state index contributed by atoms with van der Waals surface area (Å²) in [4.78, 5) is 25.7. The molecule has 0 atom stereocenters. The number of aromatic amines is 1.